The minimum Gasteiger partial charge on any atom is -0.507 e. The van der Waals surface area contributed by atoms with Crippen LogP contribution in [0.25, 0.3) is 27.9 Å². The van der Waals surface area contributed by atoms with Gasteiger partial charge in [0, 0.05) is 54.9 Å². The number of rotatable bonds is 4. The predicted molar refractivity (Wildman–Crippen MR) is 136 cm³/mol. The van der Waals surface area contributed by atoms with Gasteiger partial charge in [0.05, 0.1) is 10.7 Å². The Labute approximate surface area is 203 Å². The molecule has 34 heavy (non-hydrogen) atoms. The molecule has 2 N–H and O–H groups in total. The van der Waals surface area contributed by atoms with E-state index < -0.39 is 0 Å². The lowest BCUT2D eigenvalue weighted by Gasteiger charge is -2.22. The van der Waals surface area contributed by atoms with Gasteiger partial charge in [-0.3, -0.25) is 9.55 Å². The minimum absolute atomic E-state index is 0.169. The highest BCUT2D eigenvalue weighted by molar-refractivity contribution is 6.32. The van der Waals surface area contributed by atoms with Crippen LogP contribution in [-0.2, 0) is 7.05 Å². The lowest BCUT2D eigenvalue weighted by molar-refractivity contribution is 0.454. The zero-order chi connectivity index (χ0) is 23.8. The fourth-order valence-electron chi connectivity index (χ4n) is 4.68. The molecular formula is C27H27ClN4O2. The lowest BCUT2D eigenvalue weighted by atomic mass is 9.91. The Hall–Kier alpha value is -3.35. The van der Waals surface area contributed by atoms with Gasteiger partial charge in [-0.15, -0.1) is 0 Å². The molecule has 1 aliphatic rings. The van der Waals surface area contributed by atoms with E-state index in [4.69, 9.17) is 11.6 Å². The van der Waals surface area contributed by atoms with E-state index in [1.165, 1.54) is 9.13 Å². The first-order chi connectivity index (χ1) is 16.4. The second-order valence-corrected chi connectivity index (χ2v) is 9.36. The van der Waals surface area contributed by atoms with Crippen molar-refractivity contribution in [1.29, 1.82) is 0 Å². The summed E-state index contributed by atoms with van der Waals surface area (Å²) in [6, 6.07) is 13.5. The summed E-state index contributed by atoms with van der Waals surface area (Å²) in [6.07, 6.45) is 7.46. The number of hydrogen-bond donors (Lipinski definition) is 2. The number of halogens is 1. The molecule has 4 aromatic rings. The van der Waals surface area contributed by atoms with Crippen molar-refractivity contribution in [2.24, 2.45) is 7.05 Å². The number of phenols is 1. The average Bonchev–Trinajstić information content (AvgIpc) is 3.18. The Morgan fingerprint density at radius 3 is 2.50 bits per heavy atom. The number of hydrogen-bond acceptors (Lipinski definition) is 4. The Kier molecular flexibility index (Phi) is 6.02. The van der Waals surface area contributed by atoms with E-state index >= 15 is 0 Å². The van der Waals surface area contributed by atoms with Crippen molar-refractivity contribution >= 4 is 11.6 Å². The highest BCUT2D eigenvalue weighted by Crippen LogP contribution is 2.41. The molecule has 7 heteroatoms. The van der Waals surface area contributed by atoms with E-state index in [1.54, 1.807) is 31.6 Å². The number of imidazole rings is 1. The second-order valence-electron chi connectivity index (χ2n) is 8.95. The lowest BCUT2D eigenvalue weighted by Crippen LogP contribution is -2.28. The normalized spacial score (nSPS) is 16.0. The number of nitrogens with one attached hydrogen (secondary N) is 1. The maximum atomic E-state index is 12.3. The predicted octanol–water partition coefficient (Wildman–Crippen LogP) is 5.04. The number of aromatic nitrogens is 3. The van der Waals surface area contributed by atoms with E-state index in [0.717, 1.165) is 53.9 Å². The summed E-state index contributed by atoms with van der Waals surface area (Å²) in [5, 5.41) is 15.2. The van der Waals surface area contributed by atoms with Crippen LogP contribution in [-0.4, -0.2) is 32.3 Å². The third kappa shape index (κ3) is 4.15. The van der Waals surface area contributed by atoms with Crippen molar-refractivity contribution in [1.82, 2.24) is 19.4 Å². The Bertz CT molecular complexity index is 1420. The summed E-state index contributed by atoms with van der Waals surface area (Å²) in [5.41, 5.74) is 5.69. The van der Waals surface area contributed by atoms with E-state index in [0.29, 0.717) is 22.2 Å². The quantitative estimate of drug-likeness (QED) is 0.434. The summed E-state index contributed by atoms with van der Waals surface area (Å²) >= 11 is 6.59. The molecule has 0 aliphatic carbocycles. The Morgan fingerprint density at radius 1 is 1.09 bits per heavy atom. The Balaban J connectivity index is 1.55. The van der Waals surface area contributed by atoms with Gasteiger partial charge in [0.15, 0.2) is 0 Å². The van der Waals surface area contributed by atoms with Crippen LogP contribution in [0.15, 0.2) is 65.8 Å². The smallest absolute Gasteiger partial charge is 0.332 e. The maximum absolute atomic E-state index is 12.3. The summed E-state index contributed by atoms with van der Waals surface area (Å²) in [7, 11) is 1.70. The van der Waals surface area contributed by atoms with Crippen LogP contribution >= 0.6 is 11.6 Å². The van der Waals surface area contributed by atoms with Gasteiger partial charge in [-0.25, -0.2) is 4.79 Å². The summed E-state index contributed by atoms with van der Waals surface area (Å²) in [5.74, 6) is 0.582. The van der Waals surface area contributed by atoms with Gasteiger partial charge in [0.25, 0.3) is 0 Å². The summed E-state index contributed by atoms with van der Waals surface area (Å²) in [4.78, 5) is 16.9. The molecule has 0 amide bonds. The molecule has 1 fully saturated rings. The van der Waals surface area contributed by atoms with E-state index in [-0.39, 0.29) is 11.4 Å². The van der Waals surface area contributed by atoms with Crippen molar-refractivity contribution in [3.05, 3.63) is 87.8 Å². The topological polar surface area (TPSA) is 72.1 Å². The second kappa shape index (κ2) is 9.12. The van der Waals surface area contributed by atoms with Crippen LogP contribution < -0.4 is 11.0 Å². The van der Waals surface area contributed by atoms with Gasteiger partial charge >= 0.3 is 5.69 Å². The molecule has 0 saturated carbocycles. The molecule has 0 spiro atoms. The number of pyridine rings is 1. The van der Waals surface area contributed by atoms with E-state index in [9.17, 15) is 9.90 Å². The van der Waals surface area contributed by atoms with Gasteiger partial charge in [-0.2, -0.15) is 0 Å². The SMILES string of the molecule is Cc1cc(-c2ccnc(C3CCCNC3)c2)c(O)c(-c2ccc(-n3ccn(C)c3=O)c(Cl)c2)c1. The molecule has 0 bridgehead atoms. The molecule has 1 unspecified atom stereocenters. The first kappa shape index (κ1) is 22.4. The van der Waals surface area contributed by atoms with Crippen LogP contribution in [0, 0.1) is 6.92 Å². The molecule has 0 radical (unpaired) electrons. The third-order valence-corrected chi connectivity index (χ3v) is 6.83. The molecule has 1 saturated heterocycles. The van der Waals surface area contributed by atoms with Crippen molar-refractivity contribution in [3.8, 4) is 33.7 Å². The molecule has 2 aromatic heterocycles. The molecule has 6 nitrogen and oxygen atoms in total. The van der Waals surface area contributed by atoms with Gasteiger partial charge in [0.1, 0.15) is 5.75 Å². The first-order valence-corrected chi connectivity index (χ1v) is 11.8. The molecular weight excluding hydrogens is 448 g/mol. The molecule has 2 aromatic carbocycles. The third-order valence-electron chi connectivity index (χ3n) is 6.53. The van der Waals surface area contributed by atoms with E-state index in [2.05, 4.69) is 16.4 Å². The first-order valence-electron chi connectivity index (χ1n) is 11.5. The highest BCUT2D eigenvalue weighted by atomic mass is 35.5. The maximum Gasteiger partial charge on any atom is 0.332 e. The zero-order valence-electron chi connectivity index (χ0n) is 19.3. The van der Waals surface area contributed by atoms with E-state index in [1.807, 2.05) is 37.4 Å². The molecule has 1 atom stereocenters. The summed E-state index contributed by atoms with van der Waals surface area (Å²) < 4.78 is 3.00. The Morgan fingerprint density at radius 2 is 1.85 bits per heavy atom. The summed E-state index contributed by atoms with van der Waals surface area (Å²) in [6.45, 7) is 3.99. The van der Waals surface area contributed by atoms with Crippen LogP contribution in [0.5, 0.6) is 5.75 Å². The fraction of sp³-hybridized carbons (Fsp3) is 0.259. The van der Waals surface area contributed by atoms with Gasteiger partial charge in [-0.1, -0.05) is 17.7 Å². The zero-order valence-corrected chi connectivity index (χ0v) is 20.0. The molecule has 174 valence electrons. The molecule has 3 heterocycles. The number of aryl methyl sites for hydroxylation is 2. The average molecular weight is 475 g/mol. The standard InChI is InChI=1S/C27H27ClN4O2/c1-17-12-21(18-5-6-25(23(28)14-18)32-11-10-31(2)27(32)34)26(33)22(13-17)19-7-9-30-24(15-19)20-4-3-8-29-16-20/h5-7,9-15,20,29,33H,3-4,8,16H2,1-2H3. The van der Waals surface area contributed by atoms with Crippen LogP contribution in [0.3, 0.4) is 0 Å². The van der Waals surface area contributed by atoms with Gasteiger partial charge in [0.2, 0.25) is 0 Å². The number of benzene rings is 2. The number of aromatic hydroxyl groups is 1. The number of phenolic OH excluding ortho intramolecular Hbond substituents is 1. The van der Waals surface area contributed by atoms with Gasteiger partial charge < -0.3 is 15.0 Å². The van der Waals surface area contributed by atoms with Crippen molar-refractivity contribution in [2.75, 3.05) is 13.1 Å². The van der Waals surface area contributed by atoms with Crippen molar-refractivity contribution in [2.45, 2.75) is 25.7 Å². The minimum atomic E-state index is -0.169. The van der Waals surface area contributed by atoms with Crippen LogP contribution in [0.2, 0.25) is 5.02 Å². The highest BCUT2D eigenvalue weighted by Gasteiger charge is 2.19. The van der Waals surface area contributed by atoms with Crippen molar-refractivity contribution < 1.29 is 5.11 Å². The fourth-order valence-corrected chi connectivity index (χ4v) is 4.95. The number of piperidine rings is 1. The van der Waals surface area contributed by atoms with Gasteiger partial charge in [-0.05, 0) is 79.4 Å². The largest absolute Gasteiger partial charge is 0.507 e. The van der Waals surface area contributed by atoms with Crippen LogP contribution in [0.1, 0.15) is 30.0 Å². The monoisotopic (exact) mass is 474 g/mol. The molecule has 1 aliphatic heterocycles. The van der Waals surface area contributed by atoms with Crippen molar-refractivity contribution in [3.63, 3.8) is 0 Å². The van der Waals surface area contributed by atoms with Crippen LogP contribution in [0.4, 0.5) is 0 Å². The molecule has 5 rings (SSSR count). The number of nitrogens with zero attached hydrogens (tertiary/aromatic N) is 3.